The van der Waals surface area contributed by atoms with Gasteiger partial charge in [-0.2, -0.15) is 0 Å². The molecule has 0 bridgehead atoms. The lowest BCUT2D eigenvalue weighted by Gasteiger charge is -2.10. The Balaban J connectivity index is 2.53. The van der Waals surface area contributed by atoms with Crippen LogP contribution in [-0.4, -0.2) is 28.7 Å². The van der Waals surface area contributed by atoms with E-state index in [4.69, 9.17) is 9.63 Å². The predicted molar refractivity (Wildman–Crippen MR) is 55.0 cm³/mol. The number of carbonyl (C=O) groups is 2. The number of amides is 1. The topological polar surface area (TPSA) is 92.4 Å². The molecule has 1 rings (SSSR count). The number of aliphatic carboxylic acids is 1. The van der Waals surface area contributed by atoms with Crippen LogP contribution in [0.15, 0.2) is 10.7 Å². The van der Waals surface area contributed by atoms with Gasteiger partial charge in [0.1, 0.15) is 11.3 Å². The molecule has 1 atom stereocenters. The van der Waals surface area contributed by atoms with E-state index in [-0.39, 0.29) is 12.5 Å². The van der Waals surface area contributed by atoms with Gasteiger partial charge in [-0.3, -0.25) is 9.59 Å². The molecule has 1 unspecified atom stereocenters. The second-order valence-corrected chi connectivity index (χ2v) is 3.45. The van der Waals surface area contributed by atoms with Crippen LogP contribution in [0.1, 0.15) is 29.5 Å². The molecule has 0 aliphatic heterocycles. The van der Waals surface area contributed by atoms with Gasteiger partial charge in [-0.05, 0) is 13.3 Å². The molecule has 0 saturated heterocycles. The highest BCUT2D eigenvalue weighted by atomic mass is 16.5. The van der Waals surface area contributed by atoms with Gasteiger partial charge in [0.05, 0.1) is 12.1 Å². The monoisotopic (exact) mass is 226 g/mol. The number of carboxylic acids is 1. The minimum atomic E-state index is -0.912. The molecule has 2 N–H and O–H groups in total. The zero-order valence-electron chi connectivity index (χ0n) is 9.19. The Labute approximate surface area is 92.6 Å². The van der Waals surface area contributed by atoms with Crippen LogP contribution in [0.25, 0.3) is 0 Å². The van der Waals surface area contributed by atoms with Crippen LogP contribution in [0, 0.1) is 12.8 Å². The number of carboxylic acid groups (broad SMARTS) is 1. The molecule has 1 aromatic rings. The Kier molecular flexibility index (Phi) is 4.04. The smallest absolute Gasteiger partial charge is 0.308 e. The first-order chi connectivity index (χ1) is 7.56. The number of hydrogen-bond acceptors (Lipinski definition) is 4. The summed E-state index contributed by atoms with van der Waals surface area (Å²) in [6.07, 6.45) is 1.78. The molecule has 1 heterocycles. The van der Waals surface area contributed by atoms with Crippen LogP contribution in [-0.2, 0) is 4.79 Å². The van der Waals surface area contributed by atoms with Crippen molar-refractivity contribution in [1.29, 1.82) is 0 Å². The minimum Gasteiger partial charge on any atom is -0.481 e. The number of aryl methyl sites for hydroxylation is 1. The molecule has 6 heteroatoms. The van der Waals surface area contributed by atoms with Gasteiger partial charge in [-0.15, -0.1) is 0 Å². The molecule has 88 valence electrons. The molecule has 0 saturated carbocycles. The summed E-state index contributed by atoms with van der Waals surface area (Å²) in [4.78, 5) is 22.3. The van der Waals surface area contributed by atoms with Crippen molar-refractivity contribution >= 4 is 11.9 Å². The van der Waals surface area contributed by atoms with Gasteiger partial charge in [-0.25, -0.2) is 0 Å². The van der Waals surface area contributed by atoms with E-state index in [1.807, 2.05) is 0 Å². The molecule has 0 radical (unpaired) electrons. The Morgan fingerprint density at radius 3 is 2.75 bits per heavy atom. The van der Waals surface area contributed by atoms with Gasteiger partial charge in [-0.1, -0.05) is 12.1 Å². The third-order valence-electron chi connectivity index (χ3n) is 2.35. The van der Waals surface area contributed by atoms with E-state index in [9.17, 15) is 9.59 Å². The maximum Gasteiger partial charge on any atom is 0.308 e. The van der Waals surface area contributed by atoms with Gasteiger partial charge in [0.25, 0.3) is 5.91 Å². The molecule has 0 aromatic carbocycles. The lowest BCUT2D eigenvalue weighted by atomic mass is 10.1. The predicted octanol–water partition coefficient (Wildman–Crippen LogP) is 0.824. The Morgan fingerprint density at radius 2 is 2.31 bits per heavy atom. The summed E-state index contributed by atoms with van der Waals surface area (Å²) in [5, 5.41) is 14.8. The van der Waals surface area contributed by atoms with Gasteiger partial charge in [0.15, 0.2) is 0 Å². The Hall–Kier alpha value is -1.85. The minimum absolute atomic E-state index is 0.106. The van der Waals surface area contributed by atoms with Crippen LogP contribution >= 0.6 is 0 Å². The second-order valence-electron chi connectivity index (χ2n) is 3.45. The maximum atomic E-state index is 11.6. The highest BCUT2D eigenvalue weighted by molar-refractivity contribution is 5.94. The lowest BCUT2D eigenvalue weighted by Crippen LogP contribution is -2.32. The van der Waals surface area contributed by atoms with Crippen LogP contribution in [0.2, 0.25) is 0 Å². The van der Waals surface area contributed by atoms with Crippen LogP contribution in [0.5, 0.6) is 0 Å². The average molecular weight is 226 g/mol. The zero-order chi connectivity index (χ0) is 12.1. The largest absolute Gasteiger partial charge is 0.481 e. The summed E-state index contributed by atoms with van der Waals surface area (Å²) >= 11 is 0. The number of hydrogen-bond donors (Lipinski definition) is 2. The fourth-order valence-corrected chi connectivity index (χ4v) is 1.23. The molecule has 0 aliphatic carbocycles. The number of aromatic nitrogens is 1. The van der Waals surface area contributed by atoms with Crippen molar-refractivity contribution in [2.24, 2.45) is 5.92 Å². The third kappa shape index (κ3) is 2.82. The summed E-state index contributed by atoms with van der Waals surface area (Å²) in [5.41, 5.74) is 0.334. The van der Waals surface area contributed by atoms with Crippen molar-refractivity contribution in [2.75, 3.05) is 6.54 Å². The van der Waals surface area contributed by atoms with E-state index in [1.165, 1.54) is 6.20 Å². The van der Waals surface area contributed by atoms with Crippen LogP contribution < -0.4 is 5.32 Å². The van der Waals surface area contributed by atoms with E-state index in [0.717, 1.165) is 0 Å². The summed E-state index contributed by atoms with van der Waals surface area (Å²) in [6.45, 7) is 3.49. The van der Waals surface area contributed by atoms with Crippen LogP contribution in [0.3, 0.4) is 0 Å². The molecule has 1 aromatic heterocycles. The van der Waals surface area contributed by atoms with E-state index < -0.39 is 11.9 Å². The van der Waals surface area contributed by atoms with Crippen molar-refractivity contribution < 1.29 is 19.2 Å². The fourth-order valence-electron chi connectivity index (χ4n) is 1.23. The highest BCUT2D eigenvalue weighted by Crippen LogP contribution is 2.06. The summed E-state index contributed by atoms with van der Waals surface area (Å²) in [6, 6.07) is 0. The lowest BCUT2D eigenvalue weighted by molar-refractivity contribution is -0.141. The average Bonchev–Trinajstić information content (AvgIpc) is 2.64. The normalized spacial score (nSPS) is 12.1. The van der Waals surface area contributed by atoms with Crippen molar-refractivity contribution in [2.45, 2.75) is 20.3 Å². The quantitative estimate of drug-likeness (QED) is 0.775. The molecule has 6 nitrogen and oxygen atoms in total. The SMILES string of the molecule is CCC(CNC(=O)c1cnoc1C)C(=O)O. The van der Waals surface area contributed by atoms with Crippen molar-refractivity contribution in [3.05, 3.63) is 17.5 Å². The van der Waals surface area contributed by atoms with Gasteiger partial charge in [0, 0.05) is 6.54 Å². The Morgan fingerprint density at radius 1 is 1.62 bits per heavy atom. The molecular weight excluding hydrogens is 212 g/mol. The summed E-state index contributed by atoms with van der Waals surface area (Å²) < 4.78 is 4.74. The standard InChI is InChI=1S/C10H14N2O4/c1-3-7(10(14)15)4-11-9(13)8-5-12-16-6(8)2/h5,7H,3-4H2,1-2H3,(H,11,13)(H,14,15). The van der Waals surface area contributed by atoms with E-state index in [0.29, 0.717) is 17.7 Å². The van der Waals surface area contributed by atoms with E-state index in [2.05, 4.69) is 10.5 Å². The van der Waals surface area contributed by atoms with Crippen molar-refractivity contribution in [3.63, 3.8) is 0 Å². The first kappa shape index (κ1) is 12.2. The summed E-state index contributed by atoms with van der Waals surface area (Å²) in [5.74, 6) is -1.42. The highest BCUT2D eigenvalue weighted by Gasteiger charge is 2.18. The van der Waals surface area contributed by atoms with E-state index >= 15 is 0 Å². The van der Waals surface area contributed by atoms with Gasteiger partial charge >= 0.3 is 5.97 Å². The number of nitrogens with one attached hydrogen (secondary N) is 1. The van der Waals surface area contributed by atoms with Crippen LogP contribution in [0.4, 0.5) is 0 Å². The number of carbonyl (C=O) groups excluding carboxylic acids is 1. The fraction of sp³-hybridized carbons (Fsp3) is 0.500. The van der Waals surface area contributed by atoms with Crippen molar-refractivity contribution in [3.8, 4) is 0 Å². The Bertz CT molecular complexity index is 386. The first-order valence-corrected chi connectivity index (χ1v) is 4.98. The molecule has 0 fully saturated rings. The first-order valence-electron chi connectivity index (χ1n) is 4.98. The molecular formula is C10H14N2O4. The number of nitrogens with zero attached hydrogens (tertiary/aromatic N) is 1. The number of rotatable bonds is 5. The summed E-state index contributed by atoms with van der Waals surface area (Å²) in [7, 11) is 0. The molecule has 1 amide bonds. The molecule has 16 heavy (non-hydrogen) atoms. The van der Waals surface area contributed by atoms with Crippen molar-refractivity contribution in [1.82, 2.24) is 10.5 Å². The third-order valence-corrected chi connectivity index (χ3v) is 2.35. The van der Waals surface area contributed by atoms with E-state index in [1.54, 1.807) is 13.8 Å². The maximum absolute atomic E-state index is 11.6. The molecule has 0 aliphatic rings. The van der Waals surface area contributed by atoms with Gasteiger partial charge < -0.3 is 14.9 Å². The molecule has 0 spiro atoms. The van der Waals surface area contributed by atoms with Gasteiger partial charge in [0.2, 0.25) is 0 Å². The zero-order valence-corrected chi connectivity index (χ0v) is 9.19. The second kappa shape index (κ2) is 5.29.